The van der Waals surface area contributed by atoms with Gasteiger partial charge in [-0.05, 0) is 37.2 Å². The van der Waals surface area contributed by atoms with Crippen LogP contribution in [0.25, 0.3) is 0 Å². The van der Waals surface area contributed by atoms with Crippen molar-refractivity contribution in [2.24, 2.45) is 5.92 Å². The van der Waals surface area contributed by atoms with Gasteiger partial charge in [0.05, 0.1) is 0 Å². The molecule has 0 aromatic heterocycles. The van der Waals surface area contributed by atoms with E-state index in [1.807, 2.05) is 6.07 Å². The number of aliphatic hydroxyl groups is 1. The van der Waals surface area contributed by atoms with Gasteiger partial charge in [0.25, 0.3) is 0 Å². The van der Waals surface area contributed by atoms with Crippen molar-refractivity contribution >= 4 is 0 Å². The van der Waals surface area contributed by atoms with Crippen LogP contribution in [0.2, 0.25) is 0 Å². The lowest BCUT2D eigenvalue weighted by Gasteiger charge is -2.20. The van der Waals surface area contributed by atoms with E-state index in [4.69, 9.17) is 0 Å². The minimum absolute atomic E-state index is 0.262. The third-order valence-electron chi connectivity index (χ3n) is 3.85. The fourth-order valence-corrected chi connectivity index (χ4v) is 2.55. The highest BCUT2D eigenvalue weighted by Gasteiger charge is 2.23. The maximum atomic E-state index is 9.19. The van der Waals surface area contributed by atoms with Gasteiger partial charge in [-0.15, -0.1) is 0 Å². The Morgan fingerprint density at radius 3 is 2.61 bits per heavy atom. The summed E-state index contributed by atoms with van der Waals surface area (Å²) in [7, 11) is 0. The first-order valence-corrected chi connectivity index (χ1v) is 7.18. The summed E-state index contributed by atoms with van der Waals surface area (Å²) in [6.45, 7) is 3.51. The molecule has 100 valence electrons. The van der Waals surface area contributed by atoms with Crippen molar-refractivity contribution in [3.05, 3.63) is 35.9 Å². The Hall–Kier alpha value is -0.860. The predicted molar refractivity (Wildman–Crippen MR) is 75.7 cm³/mol. The maximum Gasteiger partial charge on any atom is 0.0437 e. The molecule has 1 aliphatic carbocycles. The Morgan fingerprint density at radius 1 is 1.28 bits per heavy atom. The second kappa shape index (κ2) is 6.91. The molecule has 1 saturated carbocycles. The van der Waals surface area contributed by atoms with Gasteiger partial charge in [-0.25, -0.2) is 0 Å². The van der Waals surface area contributed by atoms with Gasteiger partial charge in [0.2, 0.25) is 0 Å². The number of aliphatic hydroxyl groups excluding tert-OH is 1. The molecule has 0 bridgehead atoms. The van der Waals surface area contributed by atoms with Crippen LogP contribution in [0.1, 0.15) is 44.1 Å². The summed E-state index contributed by atoms with van der Waals surface area (Å²) >= 11 is 0. The second-order valence-corrected chi connectivity index (χ2v) is 5.61. The lowest BCUT2D eigenvalue weighted by molar-refractivity contribution is 0.271. The molecule has 18 heavy (non-hydrogen) atoms. The summed E-state index contributed by atoms with van der Waals surface area (Å²) in [6, 6.07) is 11.1. The van der Waals surface area contributed by atoms with Gasteiger partial charge < -0.3 is 10.4 Å². The molecule has 1 aromatic carbocycles. The smallest absolute Gasteiger partial charge is 0.0437 e. The molecule has 2 atom stereocenters. The van der Waals surface area contributed by atoms with E-state index in [9.17, 15) is 5.11 Å². The number of hydrogen-bond acceptors (Lipinski definition) is 2. The molecule has 2 heteroatoms. The lowest BCUT2D eigenvalue weighted by Crippen LogP contribution is -2.31. The first-order chi connectivity index (χ1) is 8.79. The Labute approximate surface area is 110 Å². The zero-order valence-corrected chi connectivity index (χ0v) is 11.3. The normalized spacial score (nSPS) is 18.6. The standard InChI is InChI=1S/C16H25NO/c1-13(11-14-7-8-14)17-12-16(9-10-18)15-5-3-2-4-6-15/h2-6,13-14,16-18H,7-12H2,1H3. The number of benzene rings is 1. The van der Waals surface area contributed by atoms with Crippen molar-refractivity contribution < 1.29 is 5.11 Å². The van der Waals surface area contributed by atoms with Crippen molar-refractivity contribution in [1.82, 2.24) is 5.32 Å². The summed E-state index contributed by atoms with van der Waals surface area (Å²) in [6.07, 6.45) is 4.99. The Bertz CT molecular complexity index is 334. The van der Waals surface area contributed by atoms with Crippen molar-refractivity contribution in [3.63, 3.8) is 0 Å². The second-order valence-electron chi connectivity index (χ2n) is 5.61. The van der Waals surface area contributed by atoms with Crippen LogP contribution in [0.4, 0.5) is 0 Å². The Kier molecular flexibility index (Phi) is 5.21. The molecule has 0 amide bonds. The van der Waals surface area contributed by atoms with Crippen LogP contribution in [0.15, 0.2) is 30.3 Å². The average molecular weight is 247 g/mol. The van der Waals surface area contributed by atoms with Gasteiger partial charge in [0.15, 0.2) is 0 Å². The molecule has 1 fully saturated rings. The van der Waals surface area contributed by atoms with Gasteiger partial charge in [0, 0.05) is 19.2 Å². The fourth-order valence-electron chi connectivity index (χ4n) is 2.55. The molecule has 0 saturated heterocycles. The van der Waals surface area contributed by atoms with Crippen LogP contribution in [0.3, 0.4) is 0 Å². The molecule has 0 heterocycles. The molecule has 1 aliphatic rings. The highest BCUT2D eigenvalue weighted by molar-refractivity contribution is 5.19. The largest absolute Gasteiger partial charge is 0.396 e. The molecule has 2 rings (SSSR count). The predicted octanol–water partition coefficient (Wildman–Crippen LogP) is 2.93. The van der Waals surface area contributed by atoms with Gasteiger partial charge in [0.1, 0.15) is 0 Å². The first-order valence-electron chi connectivity index (χ1n) is 7.18. The number of rotatable bonds is 8. The van der Waals surface area contributed by atoms with E-state index in [0.29, 0.717) is 12.0 Å². The zero-order valence-electron chi connectivity index (χ0n) is 11.3. The van der Waals surface area contributed by atoms with Crippen LogP contribution in [0, 0.1) is 5.92 Å². The third kappa shape index (κ3) is 4.43. The monoisotopic (exact) mass is 247 g/mol. The van der Waals surface area contributed by atoms with E-state index in [2.05, 4.69) is 36.5 Å². The van der Waals surface area contributed by atoms with Gasteiger partial charge in [-0.3, -0.25) is 0 Å². The van der Waals surface area contributed by atoms with Gasteiger partial charge >= 0.3 is 0 Å². The van der Waals surface area contributed by atoms with Crippen LogP contribution >= 0.6 is 0 Å². The lowest BCUT2D eigenvalue weighted by atomic mass is 9.95. The summed E-state index contributed by atoms with van der Waals surface area (Å²) < 4.78 is 0. The van der Waals surface area contributed by atoms with Crippen LogP contribution in [-0.2, 0) is 0 Å². The number of nitrogens with one attached hydrogen (secondary N) is 1. The van der Waals surface area contributed by atoms with Gasteiger partial charge in [-0.2, -0.15) is 0 Å². The van der Waals surface area contributed by atoms with Crippen molar-refractivity contribution in [1.29, 1.82) is 0 Å². The van der Waals surface area contributed by atoms with E-state index >= 15 is 0 Å². The van der Waals surface area contributed by atoms with E-state index < -0.39 is 0 Å². The van der Waals surface area contributed by atoms with Crippen molar-refractivity contribution in [2.75, 3.05) is 13.2 Å². The molecule has 1 aromatic rings. The zero-order chi connectivity index (χ0) is 12.8. The topological polar surface area (TPSA) is 32.3 Å². The third-order valence-corrected chi connectivity index (χ3v) is 3.85. The van der Waals surface area contributed by atoms with E-state index in [-0.39, 0.29) is 6.61 Å². The molecular weight excluding hydrogens is 222 g/mol. The molecular formula is C16H25NO. The average Bonchev–Trinajstić information content (AvgIpc) is 3.19. The van der Waals surface area contributed by atoms with Crippen molar-refractivity contribution in [2.45, 2.75) is 44.6 Å². The fraction of sp³-hybridized carbons (Fsp3) is 0.625. The minimum Gasteiger partial charge on any atom is -0.396 e. The van der Waals surface area contributed by atoms with E-state index in [1.165, 1.54) is 24.8 Å². The highest BCUT2D eigenvalue weighted by Crippen LogP contribution is 2.33. The molecule has 0 radical (unpaired) electrons. The van der Waals surface area contributed by atoms with Crippen LogP contribution in [-0.4, -0.2) is 24.3 Å². The Balaban J connectivity index is 1.81. The van der Waals surface area contributed by atoms with Crippen LogP contribution in [0.5, 0.6) is 0 Å². The quantitative estimate of drug-likeness (QED) is 0.740. The summed E-state index contributed by atoms with van der Waals surface area (Å²) in [4.78, 5) is 0. The molecule has 2 nitrogen and oxygen atoms in total. The summed E-state index contributed by atoms with van der Waals surface area (Å²) in [5, 5.41) is 12.8. The SMILES string of the molecule is CC(CC1CC1)NCC(CCO)c1ccccc1. The van der Waals surface area contributed by atoms with E-state index in [1.54, 1.807) is 0 Å². The van der Waals surface area contributed by atoms with E-state index in [0.717, 1.165) is 18.9 Å². The Morgan fingerprint density at radius 2 is 2.00 bits per heavy atom. The molecule has 0 spiro atoms. The summed E-state index contributed by atoms with van der Waals surface area (Å²) in [5.74, 6) is 1.40. The molecule has 2 N–H and O–H groups in total. The first kappa shape index (κ1) is 13.6. The minimum atomic E-state index is 0.262. The van der Waals surface area contributed by atoms with Crippen molar-refractivity contribution in [3.8, 4) is 0 Å². The highest BCUT2D eigenvalue weighted by atomic mass is 16.3. The van der Waals surface area contributed by atoms with Crippen LogP contribution < -0.4 is 5.32 Å². The molecule has 0 aliphatic heterocycles. The molecule has 2 unspecified atom stereocenters. The van der Waals surface area contributed by atoms with Gasteiger partial charge in [-0.1, -0.05) is 43.2 Å². The maximum absolute atomic E-state index is 9.19. The number of hydrogen-bond donors (Lipinski definition) is 2. The summed E-state index contributed by atoms with van der Waals surface area (Å²) in [5.41, 5.74) is 1.33.